The predicted molar refractivity (Wildman–Crippen MR) is 66.3 cm³/mol. The molecule has 3 N–H and O–H groups in total. The van der Waals surface area contributed by atoms with Gasteiger partial charge in [-0.25, -0.2) is 4.79 Å². The van der Waals surface area contributed by atoms with Crippen LogP contribution in [-0.2, 0) is 0 Å². The zero-order chi connectivity index (χ0) is 12.3. The Kier molecular flexibility index (Phi) is 3.58. The van der Waals surface area contributed by atoms with Crippen LogP contribution in [0.1, 0.15) is 0 Å². The molecule has 2 amide bonds. The lowest BCUT2D eigenvalue weighted by molar-refractivity contribution is 0.203. The fourth-order valence-electron chi connectivity index (χ4n) is 1.62. The number of hydrogen-bond acceptors (Lipinski definition) is 3. The van der Waals surface area contributed by atoms with Crippen LogP contribution in [0.4, 0.5) is 10.5 Å². The quantitative estimate of drug-likeness (QED) is 0.798. The average Bonchev–Trinajstić information content (AvgIpc) is 2.70. The molecule has 92 valence electrons. The molecule has 0 atom stereocenters. The third kappa shape index (κ3) is 2.94. The van der Waals surface area contributed by atoms with Crippen LogP contribution in [0.5, 0.6) is 5.75 Å². The number of ether oxygens (including phenoxy) is 1. The Balaban J connectivity index is 1.85. The summed E-state index contributed by atoms with van der Waals surface area (Å²) in [6.07, 6.45) is 0. The van der Waals surface area contributed by atoms with Gasteiger partial charge in [-0.1, -0.05) is 11.6 Å². The third-order valence-corrected chi connectivity index (χ3v) is 2.77. The molecule has 17 heavy (non-hydrogen) atoms. The summed E-state index contributed by atoms with van der Waals surface area (Å²) in [4.78, 5) is 12.9. The molecule has 1 aromatic rings. The molecule has 0 unspecified atom stereocenters. The van der Waals surface area contributed by atoms with E-state index in [9.17, 15) is 4.79 Å². The van der Waals surface area contributed by atoms with Gasteiger partial charge in [-0.15, -0.1) is 0 Å². The van der Waals surface area contributed by atoms with Crippen LogP contribution < -0.4 is 15.8 Å². The minimum Gasteiger partial charge on any atom is -0.490 e. The second-order valence-corrected chi connectivity index (χ2v) is 4.19. The summed E-state index contributed by atoms with van der Waals surface area (Å²) in [6.45, 7) is 2.35. The van der Waals surface area contributed by atoms with Gasteiger partial charge in [-0.2, -0.15) is 0 Å². The SMILES string of the molecule is Nc1ccc(Cl)cc1OCCN1CCNC1=O. The Morgan fingerprint density at radius 3 is 3.06 bits per heavy atom. The van der Waals surface area contributed by atoms with Gasteiger partial charge in [0.25, 0.3) is 0 Å². The van der Waals surface area contributed by atoms with Gasteiger partial charge in [-0.3, -0.25) is 0 Å². The number of carbonyl (C=O) groups excluding carboxylic acids is 1. The second-order valence-electron chi connectivity index (χ2n) is 3.75. The first-order valence-electron chi connectivity index (χ1n) is 5.37. The Morgan fingerprint density at radius 1 is 1.53 bits per heavy atom. The molecular weight excluding hydrogens is 242 g/mol. The predicted octanol–water partition coefficient (Wildman–Crippen LogP) is 1.33. The molecule has 1 aliphatic heterocycles. The first-order chi connectivity index (χ1) is 8.16. The molecule has 1 saturated heterocycles. The van der Waals surface area contributed by atoms with E-state index in [1.54, 1.807) is 23.1 Å². The minimum absolute atomic E-state index is 0.0485. The van der Waals surface area contributed by atoms with Gasteiger partial charge in [0.15, 0.2) is 0 Å². The van der Waals surface area contributed by atoms with E-state index in [1.807, 2.05) is 0 Å². The molecule has 6 heteroatoms. The number of benzene rings is 1. The standard InChI is InChI=1S/C11H14ClN3O2/c12-8-1-2-9(13)10(7-8)17-6-5-15-4-3-14-11(15)16/h1-2,7H,3-6,13H2,(H,14,16). The number of halogens is 1. The number of nitrogen functional groups attached to an aromatic ring is 1. The number of rotatable bonds is 4. The van der Waals surface area contributed by atoms with Gasteiger partial charge < -0.3 is 20.7 Å². The summed E-state index contributed by atoms with van der Waals surface area (Å²) in [7, 11) is 0. The molecular formula is C11H14ClN3O2. The minimum atomic E-state index is -0.0485. The topological polar surface area (TPSA) is 67.6 Å². The number of nitrogens with two attached hydrogens (primary N) is 1. The monoisotopic (exact) mass is 255 g/mol. The number of amides is 2. The zero-order valence-corrected chi connectivity index (χ0v) is 10.0. The van der Waals surface area contributed by atoms with E-state index in [0.717, 1.165) is 0 Å². The summed E-state index contributed by atoms with van der Waals surface area (Å²) in [5.41, 5.74) is 6.28. The normalized spacial score (nSPS) is 14.9. The highest BCUT2D eigenvalue weighted by Crippen LogP contribution is 2.25. The van der Waals surface area contributed by atoms with E-state index in [4.69, 9.17) is 22.1 Å². The third-order valence-electron chi connectivity index (χ3n) is 2.54. The van der Waals surface area contributed by atoms with Crippen molar-refractivity contribution >= 4 is 23.3 Å². The summed E-state index contributed by atoms with van der Waals surface area (Å²) in [5.74, 6) is 0.553. The van der Waals surface area contributed by atoms with Crippen molar-refractivity contribution in [2.75, 3.05) is 32.0 Å². The van der Waals surface area contributed by atoms with Crippen LogP contribution in [-0.4, -0.2) is 37.2 Å². The highest BCUT2D eigenvalue weighted by atomic mass is 35.5. The van der Waals surface area contributed by atoms with Gasteiger partial charge in [0, 0.05) is 24.2 Å². The van der Waals surface area contributed by atoms with Crippen molar-refractivity contribution in [2.45, 2.75) is 0 Å². The number of nitrogens with one attached hydrogen (secondary N) is 1. The molecule has 0 aliphatic carbocycles. The van der Waals surface area contributed by atoms with Crippen LogP contribution in [0, 0.1) is 0 Å². The van der Waals surface area contributed by atoms with Crippen molar-refractivity contribution in [3.63, 3.8) is 0 Å². The van der Waals surface area contributed by atoms with Crippen LogP contribution in [0.3, 0.4) is 0 Å². The second kappa shape index (κ2) is 5.14. The lowest BCUT2D eigenvalue weighted by Gasteiger charge is -2.15. The molecule has 1 aliphatic rings. The summed E-state index contributed by atoms with van der Waals surface area (Å²) >= 11 is 5.84. The summed E-state index contributed by atoms with van der Waals surface area (Å²) in [6, 6.07) is 5.02. The van der Waals surface area contributed by atoms with Gasteiger partial charge in [0.2, 0.25) is 0 Å². The number of carbonyl (C=O) groups is 1. The molecule has 5 nitrogen and oxygen atoms in total. The van der Waals surface area contributed by atoms with E-state index >= 15 is 0 Å². The van der Waals surface area contributed by atoms with E-state index in [1.165, 1.54) is 0 Å². The first kappa shape index (κ1) is 11.9. The Morgan fingerprint density at radius 2 is 2.35 bits per heavy atom. The van der Waals surface area contributed by atoms with Crippen LogP contribution in [0.2, 0.25) is 5.02 Å². The molecule has 1 fully saturated rings. The average molecular weight is 256 g/mol. The molecule has 0 saturated carbocycles. The van der Waals surface area contributed by atoms with Gasteiger partial charge in [-0.05, 0) is 12.1 Å². The maximum absolute atomic E-state index is 11.3. The smallest absolute Gasteiger partial charge is 0.317 e. The summed E-state index contributed by atoms with van der Waals surface area (Å²) in [5, 5.41) is 3.30. The molecule has 0 bridgehead atoms. The van der Waals surface area contributed by atoms with Crippen molar-refractivity contribution < 1.29 is 9.53 Å². The number of hydrogen-bond donors (Lipinski definition) is 2. The van der Waals surface area contributed by atoms with Gasteiger partial charge in [0.05, 0.1) is 12.2 Å². The van der Waals surface area contributed by atoms with E-state index in [2.05, 4.69) is 5.32 Å². The van der Waals surface area contributed by atoms with Gasteiger partial charge in [0.1, 0.15) is 12.4 Å². The lowest BCUT2D eigenvalue weighted by Crippen LogP contribution is -2.31. The van der Waals surface area contributed by atoms with Gasteiger partial charge >= 0.3 is 6.03 Å². The molecule has 1 heterocycles. The number of nitrogens with zero attached hydrogens (tertiary/aromatic N) is 1. The van der Waals surface area contributed by atoms with Crippen molar-refractivity contribution in [3.05, 3.63) is 23.2 Å². The zero-order valence-electron chi connectivity index (χ0n) is 9.28. The van der Waals surface area contributed by atoms with Crippen LogP contribution >= 0.6 is 11.6 Å². The number of urea groups is 1. The maximum atomic E-state index is 11.3. The van der Waals surface area contributed by atoms with Crippen molar-refractivity contribution in [1.82, 2.24) is 10.2 Å². The Hall–Kier alpha value is -1.62. The highest BCUT2D eigenvalue weighted by molar-refractivity contribution is 6.30. The first-order valence-corrected chi connectivity index (χ1v) is 5.75. The number of anilines is 1. The lowest BCUT2D eigenvalue weighted by atomic mass is 10.3. The van der Waals surface area contributed by atoms with E-state index < -0.39 is 0 Å². The highest BCUT2D eigenvalue weighted by Gasteiger charge is 2.18. The van der Waals surface area contributed by atoms with Crippen molar-refractivity contribution in [2.24, 2.45) is 0 Å². The molecule has 0 aromatic heterocycles. The fourth-order valence-corrected chi connectivity index (χ4v) is 1.79. The van der Waals surface area contributed by atoms with Crippen molar-refractivity contribution in [3.8, 4) is 5.75 Å². The van der Waals surface area contributed by atoms with E-state index in [-0.39, 0.29) is 6.03 Å². The van der Waals surface area contributed by atoms with Crippen LogP contribution in [0.25, 0.3) is 0 Å². The van der Waals surface area contributed by atoms with Crippen molar-refractivity contribution in [1.29, 1.82) is 0 Å². The largest absolute Gasteiger partial charge is 0.490 e. The van der Waals surface area contributed by atoms with Crippen LogP contribution in [0.15, 0.2) is 18.2 Å². The molecule has 1 aromatic carbocycles. The fraction of sp³-hybridized carbons (Fsp3) is 0.364. The molecule has 2 rings (SSSR count). The summed E-state index contributed by atoms with van der Waals surface area (Å²) < 4.78 is 5.50. The molecule has 0 spiro atoms. The molecule has 0 radical (unpaired) electrons. The Bertz CT molecular complexity index is 425. The Labute approximate surface area is 104 Å². The maximum Gasteiger partial charge on any atom is 0.317 e. The van der Waals surface area contributed by atoms with E-state index in [0.29, 0.717) is 42.7 Å².